The molecular weight excluding hydrogens is 324 g/mol. The molecule has 0 amide bonds. The van der Waals surface area contributed by atoms with E-state index in [1.54, 1.807) is 6.07 Å². The summed E-state index contributed by atoms with van der Waals surface area (Å²) in [5.74, 6) is -0.806. The van der Waals surface area contributed by atoms with Gasteiger partial charge in [0.25, 0.3) is 0 Å². The monoisotopic (exact) mass is 352 g/mol. The molecule has 0 fully saturated rings. The number of carbonyl (C=O) groups is 2. The maximum absolute atomic E-state index is 12.2. The normalized spacial score (nSPS) is 11.8. The summed E-state index contributed by atoms with van der Waals surface area (Å²) in [6.45, 7) is 3.44. The number of carbonyl (C=O) groups excluding carboxylic acids is 2. The highest BCUT2D eigenvalue weighted by atomic mass is 16.5. The highest BCUT2D eigenvalue weighted by molar-refractivity contribution is 5.79. The Bertz CT molecular complexity index is 582. The van der Waals surface area contributed by atoms with Gasteiger partial charge in [0.1, 0.15) is 11.9 Å². The molecule has 0 saturated heterocycles. The number of rotatable bonds is 11. The summed E-state index contributed by atoms with van der Waals surface area (Å²) in [6.07, 6.45) is 4.21. The molecule has 6 nitrogen and oxygen atoms in total. The number of hydrogen-bond acceptors (Lipinski definition) is 6. The van der Waals surface area contributed by atoms with E-state index in [0.29, 0.717) is 18.4 Å². The molecule has 6 heteroatoms. The van der Waals surface area contributed by atoms with Crippen LogP contribution >= 0.6 is 0 Å². The van der Waals surface area contributed by atoms with Crippen molar-refractivity contribution in [2.75, 3.05) is 7.11 Å². The third-order valence-electron chi connectivity index (χ3n) is 3.94. The number of phenols is 2. The summed E-state index contributed by atoms with van der Waals surface area (Å²) >= 11 is 0. The summed E-state index contributed by atoms with van der Waals surface area (Å²) in [4.78, 5) is 23.4. The van der Waals surface area contributed by atoms with Crippen LogP contribution in [0.5, 0.6) is 17.2 Å². The minimum Gasteiger partial charge on any atom is -0.504 e. The highest BCUT2D eigenvalue weighted by Crippen LogP contribution is 2.36. The molecule has 0 saturated carbocycles. The summed E-state index contributed by atoms with van der Waals surface area (Å²) in [5.41, 5.74) is 0.690. The van der Waals surface area contributed by atoms with Crippen LogP contribution in [0, 0.1) is 0 Å². The molecule has 0 bridgehead atoms. The Morgan fingerprint density at radius 2 is 1.92 bits per heavy atom. The number of methoxy groups -OCH3 is 1. The topological polar surface area (TPSA) is 93.1 Å². The number of aryl methyl sites for hydroxylation is 1. The first-order valence-corrected chi connectivity index (χ1v) is 8.65. The largest absolute Gasteiger partial charge is 0.504 e. The lowest BCUT2D eigenvalue weighted by Crippen LogP contribution is -2.20. The fourth-order valence-electron chi connectivity index (χ4n) is 2.65. The number of ether oxygens (including phenoxy) is 2. The number of aromatic hydroxyl groups is 2. The van der Waals surface area contributed by atoms with Gasteiger partial charge in [-0.1, -0.05) is 19.8 Å². The fraction of sp³-hybridized carbons (Fsp3) is 0.579. The van der Waals surface area contributed by atoms with Gasteiger partial charge in [0.05, 0.1) is 7.11 Å². The first-order chi connectivity index (χ1) is 11.9. The van der Waals surface area contributed by atoms with Gasteiger partial charge < -0.3 is 19.7 Å². The zero-order chi connectivity index (χ0) is 18.8. The third kappa shape index (κ3) is 7.45. The molecule has 1 aromatic carbocycles. The van der Waals surface area contributed by atoms with Gasteiger partial charge in [-0.2, -0.15) is 0 Å². The van der Waals surface area contributed by atoms with Crippen LogP contribution in [0.15, 0.2) is 12.1 Å². The lowest BCUT2D eigenvalue weighted by molar-refractivity contribution is -0.148. The second-order valence-corrected chi connectivity index (χ2v) is 6.14. The van der Waals surface area contributed by atoms with Gasteiger partial charge in [0.2, 0.25) is 5.75 Å². The molecule has 1 rings (SSSR count). The molecule has 0 aromatic heterocycles. The van der Waals surface area contributed by atoms with Gasteiger partial charge in [-0.3, -0.25) is 9.59 Å². The van der Waals surface area contributed by atoms with E-state index < -0.39 is 0 Å². The number of phenolic OH excluding ortho intramolecular Hbond substituents is 2. The van der Waals surface area contributed by atoms with Crippen LogP contribution in [0.4, 0.5) is 0 Å². The second kappa shape index (κ2) is 10.6. The van der Waals surface area contributed by atoms with Gasteiger partial charge in [0, 0.05) is 19.8 Å². The van der Waals surface area contributed by atoms with Crippen molar-refractivity contribution in [2.24, 2.45) is 0 Å². The number of esters is 1. The van der Waals surface area contributed by atoms with Gasteiger partial charge in [-0.05, 0) is 37.0 Å². The van der Waals surface area contributed by atoms with Crippen molar-refractivity contribution in [1.29, 1.82) is 0 Å². The minimum absolute atomic E-state index is 0.00530. The fourth-order valence-corrected chi connectivity index (χ4v) is 2.65. The summed E-state index contributed by atoms with van der Waals surface area (Å²) < 4.78 is 10.2. The van der Waals surface area contributed by atoms with E-state index >= 15 is 0 Å². The summed E-state index contributed by atoms with van der Waals surface area (Å²) in [6, 6.07) is 3.00. The van der Waals surface area contributed by atoms with Crippen LogP contribution in [0.2, 0.25) is 0 Å². The molecule has 0 aliphatic heterocycles. The van der Waals surface area contributed by atoms with Crippen LogP contribution in [0.25, 0.3) is 0 Å². The molecule has 0 unspecified atom stereocenters. The van der Waals surface area contributed by atoms with Gasteiger partial charge in [-0.15, -0.1) is 0 Å². The standard InChI is InChI=1S/C19H28O6/c1-4-5-6-7-16(25-13(2)20)12-15(21)9-8-14-10-17(22)19(23)18(11-14)24-3/h10-11,16,22-23H,4-9,12H2,1-3H3/t16-/m1/s1. The van der Waals surface area contributed by atoms with Crippen LogP contribution in [0.3, 0.4) is 0 Å². The number of hydrogen-bond donors (Lipinski definition) is 2. The molecule has 25 heavy (non-hydrogen) atoms. The Kier molecular flexibility index (Phi) is 8.81. The lowest BCUT2D eigenvalue weighted by atomic mass is 10.0. The Morgan fingerprint density at radius 3 is 2.52 bits per heavy atom. The van der Waals surface area contributed by atoms with Crippen molar-refractivity contribution in [3.8, 4) is 17.2 Å². The first-order valence-electron chi connectivity index (χ1n) is 8.65. The van der Waals surface area contributed by atoms with Crippen molar-refractivity contribution < 1.29 is 29.3 Å². The molecule has 0 heterocycles. The van der Waals surface area contributed by atoms with E-state index in [-0.39, 0.29) is 47.9 Å². The third-order valence-corrected chi connectivity index (χ3v) is 3.94. The summed E-state index contributed by atoms with van der Waals surface area (Å²) in [5, 5.41) is 19.3. The van der Waals surface area contributed by atoms with Crippen molar-refractivity contribution in [1.82, 2.24) is 0 Å². The predicted octanol–water partition coefficient (Wildman–Crippen LogP) is 3.51. The molecule has 1 atom stereocenters. The molecule has 1 aromatic rings. The second-order valence-electron chi connectivity index (χ2n) is 6.14. The molecular formula is C19H28O6. The Morgan fingerprint density at radius 1 is 1.20 bits per heavy atom. The maximum atomic E-state index is 12.2. The predicted molar refractivity (Wildman–Crippen MR) is 94.0 cm³/mol. The minimum atomic E-state index is -0.376. The molecule has 140 valence electrons. The zero-order valence-corrected chi connectivity index (χ0v) is 15.2. The van der Waals surface area contributed by atoms with Gasteiger partial charge in [0.15, 0.2) is 11.5 Å². The van der Waals surface area contributed by atoms with E-state index in [2.05, 4.69) is 6.92 Å². The SMILES string of the molecule is CCCCC[C@H](CC(=O)CCc1cc(O)c(O)c(OC)c1)OC(C)=O. The zero-order valence-electron chi connectivity index (χ0n) is 15.2. The number of benzene rings is 1. The number of ketones is 1. The molecule has 0 radical (unpaired) electrons. The Labute approximate surface area is 148 Å². The quantitative estimate of drug-likeness (QED) is 0.360. The van der Waals surface area contributed by atoms with E-state index in [1.165, 1.54) is 20.1 Å². The van der Waals surface area contributed by atoms with E-state index in [9.17, 15) is 19.8 Å². The van der Waals surface area contributed by atoms with Crippen LogP contribution in [0.1, 0.15) is 57.9 Å². The maximum Gasteiger partial charge on any atom is 0.302 e. The van der Waals surface area contributed by atoms with Crippen molar-refractivity contribution in [3.05, 3.63) is 17.7 Å². The van der Waals surface area contributed by atoms with E-state index in [4.69, 9.17) is 9.47 Å². The average molecular weight is 352 g/mol. The van der Waals surface area contributed by atoms with Crippen molar-refractivity contribution in [3.63, 3.8) is 0 Å². The van der Waals surface area contributed by atoms with Crippen molar-refractivity contribution >= 4 is 11.8 Å². The Balaban J connectivity index is 2.59. The van der Waals surface area contributed by atoms with Gasteiger partial charge in [-0.25, -0.2) is 0 Å². The van der Waals surface area contributed by atoms with Crippen LogP contribution < -0.4 is 4.74 Å². The van der Waals surface area contributed by atoms with Crippen LogP contribution in [-0.4, -0.2) is 35.2 Å². The van der Waals surface area contributed by atoms with Crippen molar-refractivity contribution in [2.45, 2.75) is 64.9 Å². The highest BCUT2D eigenvalue weighted by Gasteiger charge is 2.17. The summed E-state index contributed by atoms with van der Waals surface area (Å²) in [7, 11) is 1.39. The first kappa shape index (κ1) is 20.8. The molecule has 0 spiro atoms. The number of Topliss-reactive ketones (excluding diaryl/α,β-unsaturated/α-hetero) is 1. The molecule has 0 aliphatic carbocycles. The molecule has 0 aliphatic rings. The lowest BCUT2D eigenvalue weighted by Gasteiger charge is -2.16. The van der Waals surface area contributed by atoms with E-state index in [0.717, 1.165) is 19.3 Å². The molecule has 2 N–H and O–H groups in total. The Hall–Kier alpha value is -2.24. The van der Waals surface area contributed by atoms with Crippen LogP contribution in [-0.2, 0) is 20.7 Å². The van der Waals surface area contributed by atoms with Gasteiger partial charge >= 0.3 is 5.97 Å². The smallest absolute Gasteiger partial charge is 0.302 e. The average Bonchev–Trinajstić information content (AvgIpc) is 2.55. The van der Waals surface area contributed by atoms with E-state index in [1.807, 2.05) is 0 Å². The number of unbranched alkanes of at least 4 members (excludes halogenated alkanes) is 2.